The molecule has 1 saturated heterocycles. The number of hydrogen-bond acceptors (Lipinski definition) is 6. The zero-order valence-electron chi connectivity index (χ0n) is 29.1. The Morgan fingerprint density at radius 2 is 1.78 bits per heavy atom. The Morgan fingerprint density at radius 1 is 1.00 bits per heavy atom. The van der Waals surface area contributed by atoms with Crippen molar-refractivity contribution in [2.75, 3.05) is 11.9 Å². The molecule has 1 atom stereocenters. The molecule has 0 saturated carbocycles. The predicted octanol–water partition coefficient (Wildman–Crippen LogP) is 8.27. The number of carbonyl (C=O) groups excluding carboxylic acids is 2. The minimum Gasteiger partial charge on any atom is -0.350 e. The fourth-order valence-corrected chi connectivity index (χ4v) is 6.12. The Labute approximate surface area is 297 Å². The standard InChI is InChI=1S/C39H46F3N5O4/c1-28-17-18-31(25-30(28)20-22-33-27-43-35-14-12-23-44-47(33)35)38(49)45-32-21-19-29(34(26-32)39(40,41)42)13-8-6-4-2-3-5-7-9-15-36(48)46-51-37-16-10-11-24-50-37/h17-19,21,23,25-27,37H,2-16,24H2,1H3,(H,45,49)(H,46,48). The normalized spacial score (nSPS) is 15.5. The molecule has 0 radical (unpaired) electrons. The highest BCUT2D eigenvalue weighted by Crippen LogP contribution is 2.35. The fraction of sp³-hybridized carbons (Fsp3) is 0.487. The lowest BCUT2D eigenvalue weighted by molar-refractivity contribution is -0.200. The largest absolute Gasteiger partial charge is 0.416 e. The van der Waals surface area contributed by atoms with E-state index in [0.717, 1.165) is 94.5 Å². The molecule has 2 aromatic carbocycles. The minimum atomic E-state index is -4.55. The van der Waals surface area contributed by atoms with Crippen LogP contribution in [0.2, 0.25) is 0 Å². The van der Waals surface area contributed by atoms with Crippen molar-refractivity contribution in [1.29, 1.82) is 0 Å². The molecule has 1 fully saturated rings. The summed E-state index contributed by atoms with van der Waals surface area (Å²) in [5.41, 5.74) is 4.45. The van der Waals surface area contributed by atoms with Crippen molar-refractivity contribution in [3.63, 3.8) is 0 Å². The highest BCUT2D eigenvalue weighted by molar-refractivity contribution is 6.04. The van der Waals surface area contributed by atoms with Crippen LogP contribution >= 0.6 is 0 Å². The third kappa shape index (κ3) is 11.5. The molecule has 3 heterocycles. The average molecular weight is 706 g/mol. The molecule has 0 aliphatic carbocycles. The van der Waals surface area contributed by atoms with Gasteiger partial charge in [-0.1, -0.05) is 56.6 Å². The van der Waals surface area contributed by atoms with Gasteiger partial charge in [0.05, 0.1) is 11.8 Å². The number of nitrogens with one attached hydrogen (secondary N) is 2. The number of aryl methyl sites for hydroxylation is 3. The topological polar surface area (TPSA) is 107 Å². The molecule has 1 aromatic heterocycles. The second kappa shape index (κ2) is 18.7. The number of unbranched alkanes of at least 4 members (excludes halogenated alkanes) is 7. The lowest BCUT2D eigenvalue weighted by Gasteiger charge is -2.22. The first kappa shape index (κ1) is 37.8. The number of fused-ring (bicyclic) bond motifs is 1. The van der Waals surface area contributed by atoms with Gasteiger partial charge < -0.3 is 10.1 Å². The van der Waals surface area contributed by atoms with Gasteiger partial charge in [0.15, 0.2) is 6.29 Å². The predicted molar refractivity (Wildman–Crippen MR) is 189 cm³/mol. The number of benzene rings is 2. The number of carbonyl (C=O) groups is 2. The van der Waals surface area contributed by atoms with E-state index in [4.69, 9.17) is 9.57 Å². The number of hydrogen-bond donors (Lipinski definition) is 2. The van der Waals surface area contributed by atoms with Crippen molar-refractivity contribution in [2.45, 2.75) is 116 Å². The Hall–Kier alpha value is -4.47. The summed E-state index contributed by atoms with van der Waals surface area (Å²) < 4.78 is 49.3. The molecule has 3 aromatic rings. The summed E-state index contributed by atoms with van der Waals surface area (Å²) in [4.78, 5) is 34.7. The summed E-state index contributed by atoms with van der Waals surface area (Å²) in [6.07, 6.45) is 10.9. The molecule has 0 bridgehead atoms. The smallest absolute Gasteiger partial charge is 0.350 e. The van der Waals surface area contributed by atoms with Gasteiger partial charge in [-0.15, -0.1) is 0 Å². The maximum absolute atomic E-state index is 14.1. The van der Waals surface area contributed by atoms with Gasteiger partial charge in [-0.25, -0.2) is 20.0 Å². The molecule has 2 aliphatic heterocycles. The molecule has 1 unspecified atom stereocenters. The van der Waals surface area contributed by atoms with E-state index in [-0.39, 0.29) is 29.0 Å². The number of nitrogens with zero attached hydrogens (tertiary/aromatic N) is 3. The lowest BCUT2D eigenvalue weighted by Crippen LogP contribution is -2.32. The van der Waals surface area contributed by atoms with Gasteiger partial charge >= 0.3 is 6.18 Å². The van der Waals surface area contributed by atoms with E-state index in [0.29, 0.717) is 37.1 Å². The van der Waals surface area contributed by atoms with Crippen LogP contribution in [0.1, 0.15) is 128 Å². The van der Waals surface area contributed by atoms with Crippen LogP contribution in [0.3, 0.4) is 0 Å². The summed E-state index contributed by atoms with van der Waals surface area (Å²) in [6.45, 7) is 2.53. The summed E-state index contributed by atoms with van der Waals surface area (Å²) in [5.74, 6) is 6.34. The summed E-state index contributed by atoms with van der Waals surface area (Å²) in [5, 5.41) is 6.97. The molecule has 12 heteroatoms. The van der Waals surface area contributed by atoms with E-state index in [1.165, 1.54) is 12.1 Å². The van der Waals surface area contributed by atoms with Gasteiger partial charge in [0, 0.05) is 48.9 Å². The molecular weight excluding hydrogens is 659 g/mol. The third-order valence-electron chi connectivity index (χ3n) is 9.04. The number of hydroxylamine groups is 1. The van der Waals surface area contributed by atoms with Gasteiger partial charge in [-0.05, 0) is 86.8 Å². The third-order valence-corrected chi connectivity index (χ3v) is 9.04. The molecule has 272 valence electrons. The highest BCUT2D eigenvalue weighted by atomic mass is 19.4. The number of imidazole rings is 1. The molecule has 0 spiro atoms. The zero-order valence-corrected chi connectivity index (χ0v) is 29.1. The van der Waals surface area contributed by atoms with Crippen LogP contribution in [-0.4, -0.2) is 40.6 Å². The Bertz CT molecular complexity index is 1730. The van der Waals surface area contributed by atoms with E-state index in [9.17, 15) is 22.8 Å². The van der Waals surface area contributed by atoms with Gasteiger partial charge in [0.1, 0.15) is 11.5 Å². The van der Waals surface area contributed by atoms with E-state index < -0.39 is 17.6 Å². The molecular formula is C39H46F3N5O4. The van der Waals surface area contributed by atoms with Crippen molar-refractivity contribution in [2.24, 2.45) is 5.10 Å². The van der Waals surface area contributed by atoms with E-state index in [1.807, 2.05) is 13.1 Å². The second-order valence-corrected chi connectivity index (χ2v) is 13.1. The molecule has 51 heavy (non-hydrogen) atoms. The number of amides is 2. The van der Waals surface area contributed by atoms with Crippen molar-refractivity contribution < 1.29 is 32.3 Å². The second-order valence-electron chi connectivity index (χ2n) is 13.1. The quantitative estimate of drug-likeness (QED) is 0.0941. The average Bonchev–Trinajstić information content (AvgIpc) is 3.54. The fourth-order valence-electron chi connectivity index (χ4n) is 6.12. The monoisotopic (exact) mass is 705 g/mol. The molecule has 2 aliphatic rings. The van der Waals surface area contributed by atoms with Gasteiger partial charge in [0.2, 0.25) is 5.91 Å². The number of anilines is 1. The van der Waals surface area contributed by atoms with Crippen LogP contribution in [0.5, 0.6) is 0 Å². The maximum atomic E-state index is 14.1. The lowest BCUT2D eigenvalue weighted by atomic mass is 9.99. The van der Waals surface area contributed by atoms with Crippen LogP contribution in [0.15, 0.2) is 47.7 Å². The summed E-state index contributed by atoms with van der Waals surface area (Å²) >= 11 is 0. The maximum Gasteiger partial charge on any atom is 0.416 e. The van der Waals surface area contributed by atoms with Gasteiger partial charge in [-0.2, -0.15) is 18.3 Å². The van der Waals surface area contributed by atoms with Crippen LogP contribution < -0.4 is 10.8 Å². The first-order chi connectivity index (χ1) is 24.7. The Balaban J connectivity index is 1.04. The van der Waals surface area contributed by atoms with E-state index in [2.05, 4.69) is 32.7 Å². The van der Waals surface area contributed by atoms with Crippen LogP contribution in [-0.2, 0) is 33.4 Å². The summed E-state index contributed by atoms with van der Waals surface area (Å²) in [6, 6.07) is 9.03. The van der Waals surface area contributed by atoms with E-state index in [1.54, 1.807) is 29.1 Å². The van der Waals surface area contributed by atoms with Crippen molar-refractivity contribution in [3.05, 3.63) is 81.9 Å². The van der Waals surface area contributed by atoms with Crippen LogP contribution in [0.4, 0.5) is 18.9 Å². The molecule has 9 nitrogen and oxygen atoms in total. The SMILES string of the molecule is Cc1ccc(C(=O)Nc2ccc(CCCCCCCCCCC(=O)NOC3CCCCO3)c(C(F)(F)F)c2)cc1C#Cc1cnc2n1N=CCC2. The molecule has 2 amide bonds. The summed E-state index contributed by atoms with van der Waals surface area (Å²) in [7, 11) is 0. The van der Waals surface area contributed by atoms with Crippen molar-refractivity contribution >= 4 is 23.7 Å². The van der Waals surface area contributed by atoms with Crippen LogP contribution in [0, 0.1) is 18.8 Å². The van der Waals surface area contributed by atoms with Gasteiger partial charge in [-0.3, -0.25) is 9.59 Å². The number of aromatic nitrogens is 2. The van der Waals surface area contributed by atoms with Crippen LogP contribution in [0.25, 0.3) is 0 Å². The number of ether oxygens (including phenoxy) is 1. The van der Waals surface area contributed by atoms with E-state index >= 15 is 0 Å². The Kier molecular flexibility index (Phi) is 13.8. The number of rotatable bonds is 15. The highest BCUT2D eigenvalue weighted by Gasteiger charge is 2.33. The first-order valence-electron chi connectivity index (χ1n) is 18.0. The first-order valence-corrected chi connectivity index (χ1v) is 18.0. The van der Waals surface area contributed by atoms with Crippen molar-refractivity contribution in [1.82, 2.24) is 15.1 Å². The molecule has 5 rings (SSSR count). The minimum absolute atomic E-state index is 0.0799. The zero-order chi connectivity index (χ0) is 36.1. The van der Waals surface area contributed by atoms with Gasteiger partial charge in [0.25, 0.3) is 5.91 Å². The number of halogens is 3. The molecule has 2 N–H and O–H groups in total. The Morgan fingerprint density at radius 3 is 2.55 bits per heavy atom. The van der Waals surface area contributed by atoms with Crippen molar-refractivity contribution in [3.8, 4) is 11.8 Å². The number of alkyl halides is 3.